The van der Waals surface area contributed by atoms with Crippen molar-refractivity contribution in [2.24, 2.45) is 0 Å². The van der Waals surface area contributed by atoms with Crippen LogP contribution in [-0.4, -0.2) is 26.9 Å². The number of rotatable bonds is 6. The zero-order valence-electron chi connectivity index (χ0n) is 20.2. The summed E-state index contributed by atoms with van der Waals surface area (Å²) >= 11 is 0. The van der Waals surface area contributed by atoms with Gasteiger partial charge in [0.25, 0.3) is 5.91 Å². The zero-order valence-corrected chi connectivity index (χ0v) is 20.2. The fourth-order valence-corrected chi connectivity index (χ4v) is 3.54. The lowest BCUT2D eigenvalue weighted by Crippen LogP contribution is -2.31. The van der Waals surface area contributed by atoms with Crippen LogP contribution in [0, 0.1) is 0 Å². The largest absolute Gasteiger partial charge is 0.387 e. The second-order valence-corrected chi connectivity index (χ2v) is 9.64. The molecule has 0 fully saturated rings. The molecule has 2 aromatic heterocycles. The van der Waals surface area contributed by atoms with Gasteiger partial charge in [-0.1, -0.05) is 26.8 Å². The van der Waals surface area contributed by atoms with Gasteiger partial charge in [0.05, 0.1) is 0 Å². The monoisotopic (exact) mass is 457 g/mol. The molecular weight excluding hydrogens is 426 g/mol. The topological polar surface area (TPSA) is 104 Å². The molecule has 0 atom stereocenters. The Hall–Kier alpha value is -3.94. The van der Waals surface area contributed by atoms with Crippen LogP contribution in [0.5, 0.6) is 0 Å². The third-order valence-electron chi connectivity index (χ3n) is 5.32. The highest BCUT2D eigenvalue weighted by atomic mass is 16.1. The van der Waals surface area contributed by atoms with Crippen molar-refractivity contribution in [2.45, 2.75) is 52.6 Å². The van der Waals surface area contributed by atoms with Crippen molar-refractivity contribution < 1.29 is 4.79 Å². The van der Waals surface area contributed by atoms with E-state index in [0.717, 1.165) is 23.6 Å². The summed E-state index contributed by atoms with van der Waals surface area (Å²) in [5.74, 6) is 0.582. The van der Waals surface area contributed by atoms with Crippen LogP contribution >= 0.6 is 0 Å². The molecule has 1 amide bonds. The first-order valence-corrected chi connectivity index (χ1v) is 11.4. The molecule has 1 aliphatic rings. The van der Waals surface area contributed by atoms with Crippen molar-refractivity contribution in [1.82, 2.24) is 25.6 Å². The van der Waals surface area contributed by atoms with Crippen molar-refractivity contribution in [2.75, 3.05) is 10.6 Å². The van der Waals surface area contributed by atoms with E-state index in [2.05, 4.69) is 69.1 Å². The van der Waals surface area contributed by atoms with Crippen LogP contribution in [0.3, 0.4) is 0 Å². The lowest BCUT2D eigenvalue weighted by molar-refractivity contribution is 0.0943. The number of nitrogens with zero attached hydrogens (tertiary/aromatic N) is 3. The number of anilines is 4. The summed E-state index contributed by atoms with van der Waals surface area (Å²) in [6, 6.07) is 9.94. The second-order valence-electron chi connectivity index (χ2n) is 9.64. The van der Waals surface area contributed by atoms with Gasteiger partial charge in [-0.3, -0.25) is 9.78 Å². The summed E-state index contributed by atoms with van der Waals surface area (Å²) in [7, 11) is 0. The third-order valence-corrected chi connectivity index (χ3v) is 5.32. The molecule has 0 saturated carbocycles. The number of amides is 1. The Balaban J connectivity index is 1.66. The number of benzene rings is 1. The van der Waals surface area contributed by atoms with Crippen LogP contribution in [0.25, 0.3) is 6.08 Å². The molecule has 8 nitrogen and oxygen atoms in total. The van der Waals surface area contributed by atoms with Crippen LogP contribution in [0.4, 0.5) is 23.1 Å². The molecule has 3 heterocycles. The lowest BCUT2D eigenvalue weighted by Gasteiger charge is -2.19. The minimum atomic E-state index is -0.235. The van der Waals surface area contributed by atoms with E-state index >= 15 is 0 Å². The third kappa shape index (κ3) is 5.51. The van der Waals surface area contributed by atoms with Gasteiger partial charge in [0, 0.05) is 47.5 Å². The highest BCUT2D eigenvalue weighted by Gasteiger charge is 2.19. The standard InChI is InChI=1S/C26H31N7O/c1-16(2)30-24(34)21-15-29-25(32-19-7-6-17-8-10-27-14-18(17)12-19)33-23(21)31-20-9-11-28-22(13-20)26(3,4)5/h6-13,15-16,27H,14H2,1-5H3,(H,30,34)(H2,28,29,31,32,33). The predicted octanol–water partition coefficient (Wildman–Crippen LogP) is 4.87. The fraction of sp³-hybridized carbons (Fsp3) is 0.308. The maximum atomic E-state index is 12.8. The molecular formula is C26H31N7O. The van der Waals surface area contributed by atoms with Gasteiger partial charge in [-0.2, -0.15) is 4.98 Å². The first-order valence-electron chi connectivity index (χ1n) is 11.4. The van der Waals surface area contributed by atoms with Gasteiger partial charge in [0.2, 0.25) is 5.95 Å². The van der Waals surface area contributed by atoms with E-state index in [4.69, 9.17) is 0 Å². The number of carbonyl (C=O) groups excluding carboxylic acids is 1. The van der Waals surface area contributed by atoms with Gasteiger partial charge in [-0.05, 0) is 61.5 Å². The first kappa shape index (κ1) is 23.2. The van der Waals surface area contributed by atoms with E-state index in [1.165, 1.54) is 11.1 Å². The Morgan fingerprint density at radius 1 is 1.06 bits per heavy atom. The molecule has 4 rings (SSSR count). The smallest absolute Gasteiger partial charge is 0.256 e. The van der Waals surface area contributed by atoms with Crippen LogP contribution in [0.1, 0.15) is 61.8 Å². The van der Waals surface area contributed by atoms with E-state index in [1.54, 1.807) is 12.4 Å². The van der Waals surface area contributed by atoms with E-state index in [-0.39, 0.29) is 17.4 Å². The lowest BCUT2D eigenvalue weighted by atomic mass is 9.91. The molecule has 3 aromatic rings. The molecule has 0 radical (unpaired) electrons. The van der Waals surface area contributed by atoms with Crippen molar-refractivity contribution in [3.63, 3.8) is 0 Å². The van der Waals surface area contributed by atoms with Gasteiger partial charge < -0.3 is 21.3 Å². The molecule has 4 N–H and O–H groups in total. The van der Waals surface area contributed by atoms with Crippen molar-refractivity contribution in [3.8, 4) is 0 Å². The SMILES string of the molecule is CC(C)NC(=O)c1cnc(Nc2ccc3c(c2)CNC=C3)nc1Nc1ccnc(C(C)(C)C)c1. The second kappa shape index (κ2) is 9.51. The molecule has 1 aromatic carbocycles. The van der Waals surface area contributed by atoms with Crippen LogP contribution in [0.2, 0.25) is 0 Å². The van der Waals surface area contributed by atoms with Gasteiger partial charge in [-0.25, -0.2) is 4.98 Å². The van der Waals surface area contributed by atoms with Crippen LogP contribution in [-0.2, 0) is 12.0 Å². The molecule has 1 aliphatic heterocycles. The highest BCUT2D eigenvalue weighted by Crippen LogP contribution is 2.27. The van der Waals surface area contributed by atoms with E-state index in [1.807, 2.05) is 44.3 Å². The highest BCUT2D eigenvalue weighted by molar-refractivity contribution is 5.99. The summed E-state index contributed by atoms with van der Waals surface area (Å²) < 4.78 is 0. The Bertz CT molecular complexity index is 1230. The van der Waals surface area contributed by atoms with E-state index in [9.17, 15) is 4.79 Å². The first-order chi connectivity index (χ1) is 16.2. The Kier molecular flexibility index (Phi) is 6.49. The fourth-order valence-electron chi connectivity index (χ4n) is 3.54. The maximum Gasteiger partial charge on any atom is 0.256 e. The number of hydrogen-bond donors (Lipinski definition) is 4. The molecule has 34 heavy (non-hydrogen) atoms. The number of hydrogen-bond acceptors (Lipinski definition) is 7. The number of fused-ring (bicyclic) bond motifs is 1. The van der Waals surface area contributed by atoms with Crippen molar-refractivity contribution in [1.29, 1.82) is 0 Å². The quantitative estimate of drug-likeness (QED) is 0.419. The van der Waals surface area contributed by atoms with Gasteiger partial charge in [0.15, 0.2) is 0 Å². The normalized spacial score (nSPS) is 12.6. The Labute approximate surface area is 200 Å². The molecule has 0 unspecified atom stereocenters. The van der Waals surface area contributed by atoms with Crippen molar-refractivity contribution in [3.05, 3.63) is 71.3 Å². The average Bonchev–Trinajstić information content (AvgIpc) is 2.78. The van der Waals surface area contributed by atoms with Gasteiger partial charge in [-0.15, -0.1) is 0 Å². The minimum absolute atomic E-state index is 0.00951. The predicted molar refractivity (Wildman–Crippen MR) is 136 cm³/mol. The number of pyridine rings is 1. The molecule has 0 bridgehead atoms. The number of nitrogens with one attached hydrogen (secondary N) is 4. The maximum absolute atomic E-state index is 12.8. The van der Waals surface area contributed by atoms with Crippen LogP contribution < -0.4 is 21.3 Å². The molecule has 176 valence electrons. The van der Waals surface area contributed by atoms with Gasteiger partial charge in [0.1, 0.15) is 11.4 Å². The molecule has 0 spiro atoms. The summed E-state index contributed by atoms with van der Waals surface area (Å²) in [5.41, 5.74) is 5.24. The summed E-state index contributed by atoms with van der Waals surface area (Å²) in [6.07, 6.45) is 7.29. The number of carbonyl (C=O) groups is 1. The average molecular weight is 458 g/mol. The van der Waals surface area contributed by atoms with Gasteiger partial charge >= 0.3 is 0 Å². The number of aromatic nitrogens is 3. The van der Waals surface area contributed by atoms with Crippen LogP contribution in [0.15, 0.2) is 48.9 Å². The molecule has 0 saturated heterocycles. The van der Waals surface area contributed by atoms with E-state index < -0.39 is 0 Å². The molecule has 0 aliphatic carbocycles. The molecule has 8 heteroatoms. The summed E-state index contributed by atoms with van der Waals surface area (Å²) in [4.78, 5) is 26.4. The van der Waals surface area contributed by atoms with Crippen molar-refractivity contribution >= 4 is 35.1 Å². The minimum Gasteiger partial charge on any atom is -0.387 e. The Morgan fingerprint density at radius 2 is 1.85 bits per heavy atom. The van der Waals surface area contributed by atoms with E-state index in [0.29, 0.717) is 17.3 Å². The summed E-state index contributed by atoms with van der Waals surface area (Å²) in [5, 5.41) is 12.7. The Morgan fingerprint density at radius 3 is 2.62 bits per heavy atom. The summed E-state index contributed by atoms with van der Waals surface area (Å²) in [6.45, 7) is 10.9. The zero-order chi connectivity index (χ0) is 24.3.